The Balaban J connectivity index is 1.97. The standard InChI is InChI=1S/C13H18ClN3/c1-9-5-6-17(12(9)7-14)13-10-3-2-4-11(10)15-8-16-13/h8-9,12H,2-7H2,1H3. The van der Waals surface area contributed by atoms with Crippen molar-refractivity contribution in [3.8, 4) is 0 Å². The minimum atomic E-state index is 0.441. The third-order valence-corrected chi connectivity index (χ3v) is 4.48. The highest BCUT2D eigenvalue weighted by atomic mass is 35.5. The second kappa shape index (κ2) is 4.45. The number of rotatable bonds is 2. The van der Waals surface area contributed by atoms with Crippen LogP contribution in [0.3, 0.4) is 0 Å². The molecular formula is C13H18ClN3. The van der Waals surface area contributed by atoms with Crippen LogP contribution in [-0.2, 0) is 12.8 Å². The smallest absolute Gasteiger partial charge is 0.135 e. The van der Waals surface area contributed by atoms with Crippen molar-refractivity contribution in [3.63, 3.8) is 0 Å². The Morgan fingerprint density at radius 2 is 2.29 bits per heavy atom. The van der Waals surface area contributed by atoms with Gasteiger partial charge in [-0.2, -0.15) is 0 Å². The Bertz CT molecular complexity index is 421. The summed E-state index contributed by atoms with van der Waals surface area (Å²) in [5.74, 6) is 2.52. The highest BCUT2D eigenvalue weighted by Crippen LogP contribution is 2.34. The second-order valence-corrected chi connectivity index (χ2v) is 5.47. The van der Waals surface area contributed by atoms with E-state index in [0.717, 1.165) is 25.2 Å². The van der Waals surface area contributed by atoms with Gasteiger partial charge in [-0.15, -0.1) is 11.6 Å². The van der Waals surface area contributed by atoms with Crippen molar-refractivity contribution in [3.05, 3.63) is 17.6 Å². The van der Waals surface area contributed by atoms with E-state index in [0.29, 0.717) is 17.8 Å². The van der Waals surface area contributed by atoms with Gasteiger partial charge in [-0.1, -0.05) is 6.92 Å². The van der Waals surface area contributed by atoms with E-state index in [-0.39, 0.29) is 0 Å². The first-order valence-electron chi connectivity index (χ1n) is 6.46. The maximum Gasteiger partial charge on any atom is 0.135 e. The van der Waals surface area contributed by atoms with Gasteiger partial charge < -0.3 is 4.90 Å². The number of aromatic nitrogens is 2. The molecule has 0 amide bonds. The highest BCUT2D eigenvalue weighted by Gasteiger charge is 2.33. The highest BCUT2D eigenvalue weighted by molar-refractivity contribution is 6.18. The molecule has 0 radical (unpaired) electrons. The minimum Gasteiger partial charge on any atom is -0.352 e. The molecule has 1 aliphatic heterocycles. The summed E-state index contributed by atoms with van der Waals surface area (Å²) in [6, 6.07) is 0.441. The molecule has 0 spiro atoms. The average molecular weight is 252 g/mol. The lowest BCUT2D eigenvalue weighted by molar-refractivity contribution is 0.548. The molecule has 2 heterocycles. The molecule has 2 aliphatic rings. The number of hydrogen-bond donors (Lipinski definition) is 0. The van der Waals surface area contributed by atoms with Crippen LogP contribution in [0.2, 0.25) is 0 Å². The van der Waals surface area contributed by atoms with Crippen LogP contribution in [0.5, 0.6) is 0 Å². The lowest BCUT2D eigenvalue weighted by atomic mass is 10.0. The Morgan fingerprint density at radius 3 is 3.12 bits per heavy atom. The number of fused-ring (bicyclic) bond motifs is 1. The van der Waals surface area contributed by atoms with Crippen LogP contribution in [-0.4, -0.2) is 28.4 Å². The summed E-state index contributed by atoms with van der Waals surface area (Å²) in [4.78, 5) is 11.3. The lowest BCUT2D eigenvalue weighted by Crippen LogP contribution is -2.35. The zero-order chi connectivity index (χ0) is 11.8. The van der Waals surface area contributed by atoms with Gasteiger partial charge >= 0.3 is 0 Å². The molecule has 1 aromatic rings. The molecule has 17 heavy (non-hydrogen) atoms. The fourth-order valence-electron chi connectivity index (χ4n) is 3.10. The maximum atomic E-state index is 6.11. The molecule has 3 nitrogen and oxygen atoms in total. The van der Waals surface area contributed by atoms with Crippen LogP contribution in [0.1, 0.15) is 31.0 Å². The summed E-state index contributed by atoms with van der Waals surface area (Å²) in [6.45, 7) is 3.37. The molecule has 1 saturated heterocycles. The number of nitrogens with zero attached hydrogens (tertiary/aromatic N) is 3. The number of anilines is 1. The predicted octanol–water partition coefficient (Wildman–Crippen LogP) is 2.42. The van der Waals surface area contributed by atoms with Crippen LogP contribution >= 0.6 is 11.6 Å². The first-order valence-corrected chi connectivity index (χ1v) is 7.00. The first-order chi connectivity index (χ1) is 8.31. The topological polar surface area (TPSA) is 29.0 Å². The van der Waals surface area contributed by atoms with Crippen LogP contribution in [0.25, 0.3) is 0 Å². The lowest BCUT2D eigenvalue weighted by Gasteiger charge is -2.27. The molecule has 4 heteroatoms. The average Bonchev–Trinajstić information content (AvgIpc) is 2.94. The van der Waals surface area contributed by atoms with Crippen molar-refractivity contribution in [2.45, 2.75) is 38.6 Å². The molecule has 0 bridgehead atoms. The number of halogens is 1. The van der Waals surface area contributed by atoms with E-state index in [1.165, 1.54) is 24.1 Å². The number of alkyl halides is 1. The van der Waals surface area contributed by atoms with Crippen LogP contribution < -0.4 is 4.90 Å². The third kappa shape index (κ3) is 1.81. The van der Waals surface area contributed by atoms with E-state index in [1.807, 2.05) is 0 Å². The number of hydrogen-bond acceptors (Lipinski definition) is 3. The van der Waals surface area contributed by atoms with Gasteiger partial charge in [-0.25, -0.2) is 9.97 Å². The molecule has 2 atom stereocenters. The second-order valence-electron chi connectivity index (χ2n) is 5.16. The Labute approximate surface area is 107 Å². The first kappa shape index (κ1) is 11.3. The minimum absolute atomic E-state index is 0.441. The number of aryl methyl sites for hydroxylation is 1. The summed E-state index contributed by atoms with van der Waals surface area (Å²) in [5.41, 5.74) is 2.62. The molecule has 1 aliphatic carbocycles. The summed E-state index contributed by atoms with van der Waals surface area (Å²) in [7, 11) is 0. The molecule has 0 aromatic carbocycles. The van der Waals surface area contributed by atoms with E-state index in [1.54, 1.807) is 6.33 Å². The van der Waals surface area contributed by atoms with Crippen molar-refractivity contribution in [2.75, 3.05) is 17.3 Å². The summed E-state index contributed by atoms with van der Waals surface area (Å²) >= 11 is 6.11. The van der Waals surface area contributed by atoms with Crippen molar-refractivity contribution in [2.24, 2.45) is 5.92 Å². The summed E-state index contributed by atoms with van der Waals surface area (Å²) < 4.78 is 0. The van der Waals surface area contributed by atoms with E-state index >= 15 is 0 Å². The van der Waals surface area contributed by atoms with Gasteiger partial charge in [0.1, 0.15) is 12.1 Å². The monoisotopic (exact) mass is 251 g/mol. The van der Waals surface area contributed by atoms with Crippen LogP contribution in [0.15, 0.2) is 6.33 Å². The van der Waals surface area contributed by atoms with Crippen molar-refractivity contribution in [1.29, 1.82) is 0 Å². The van der Waals surface area contributed by atoms with Gasteiger partial charge in [0.05, 0.1) is 0 Å². The molecule has 1 fully saturated rings. The van der Waals surface area contributed by atoms with Gasteiger partial charge in [0.25, 0.3) is 0 Å². The molecule has 3 rings (SSSR count). The molecular weight excluding hydrogens is 234 g/mol. The Kier molecular flexibility index (Phi) is 2.95. The SMILES string of the molecule is CC1CCN(c2ncnc3c2CCC3)C1CCl. The Morgan fingerprint density at radius 1 is 1.41 bits per heavy atom. The third-order valence-electron chi connectivity index (χ3n) is 4.16. The fourth-order valence-corrected chi connectivity index (χ4v) is 3.57. The summed E-state index contributed by atoms with van der Waals surface area (Å²) in [5, 5.41) is 0. The Hall–Kier alpha value is -0.830. The van der Waals surface area contributed by atoms with E-state index in [2.05, 4.69) is 21.8 Å². The quantitative estimate of drug-likeness (QED) is 0.756. The fraction of sp³-hybridized carbons (Fsp3) is 0.692. The van der Waals surface area contributed by atoms with Gasteiger partial charge in [-0.05, 0) is 31.6 Å². The van der Waals surface area contributed by atoms with Crippen molar-refractivity contribution in [1.82, 2.24) is 9.97 Å². The van der Waals surface area contributed by atoms with Gasteiger partial charge in [0.2, 0.25) is 0 Å². The van der Waals surface area contributed by atoms with E-state index in [4.69, 9.17) is 11.6 Å². The van der Waals surface area contributed by atoms with Gasteiger partial charge in [0.15, 0.2) is 0 Å². The van der Waals surface area contributed by atoms with Crippen LogP contribution in [0.4, 0.5) is 5.82 Å². The predicted molar refractivity (Wildman–Crippen MR) is 69.7 cm³/mol. The summed E-state index contributed by atoms with van der Waals surface area (Å²) in [6.07, 6.45) is 6.39. The molecule has 0 saturated carbocycles. The zero-order valence-corrected chi connectivity index (χ0v) is 11.0. The van der Waals surface area contributed by atoms with Crippen molar-refractivity contribution < 1.29 is 0 Å². The molecule has 2 unspecified atom stereocenters. The van der Waals surface area contributed by atoms with E-state index in [9.17, 15) is 0 Å². The molecule has 92 valence electrons. The molecule has 0 N–H and O–H groups in total. The normalized spacial score (nSPS) is 27.5. The maximum absolute atomic E-state index is 6.11. The van der Waals surface area contributed by atoms with Gasteiger partial charge in [0, 0.05) is 29.7 Å². The van der Waals surface area contributed by atoms with E-state index < -0.39 is 0 Å². The molecule has 1 aromatic heterocycles. The van der Waals surface area contributed by atoms with Crippen LogP contribution in [0, 0.1) is 5.92 Å². The largest absolute Gasteiger partial charge is 0.352 e. The zero-order valence-electron chi connectivity index (χ0n) is 10.2. The van der Waals surface area contributed by atoms with Gasteiger partial charge in [-0.3, -0.25) is 0 Å². The van der Waals surface area contributed by atoms with Crippen molar-refractivity contribution >= 4 is 17.4 Å².